The summed E-state index contributed by atoms with van der Waals surface area (Å²) in [6.45, 7) is 10.4. The van der Waals surface area contributed by atoms with E-state index in [9.17, 15) is 14.4 Å². The summed E-state index contributed by atoms with van der Waals surface area (Å²) in [5, 5.41) is 11.6. The van der Waals surface area contributed by atoms with Gasteiger partial charge in [0.1, 0.15) is 18.2 Å². The maximum Gasteiger partial charge on any atom is 0.344 e. The van der Waals surface area contributed by atoms with Gasteiger partial charge in [-0.15, -0.1) is 0 Å². The van der Waals surface area contributed by atoms with E-state index in [1.165, 1.54) is 11.1 Å². The highest BCUT2D eigenvalue weighted by molar-refractivity contribution is 6.48. The summed E-state index contributed by atoms with van der Waals surface area (Å²) < 4.78 is 12.7. The number of carbonyl (C=O) groups is 3. The van der Waals surface area contributed by atoms with Gasteiger partial charge in [0.15, 0.2) is 0 Å². The number of fused-ring (bicyclic) bond motifs is 1. The van der Waals surface area contributed by atoms with E-state index in [0.29, 0.717) is 23.4 Å². The number of ketones is 1. The Morgan fingerprint density at radius 3 is 2.43 bits per heavy atom. The number of hydrogen-bond donors (Lipinski definition) is 2. The number of ether oxygens (including phenoxy) is 2. The van der Waals surface area contributed by atoms with Crippen molar-refractivity contribution in [3.05, 3.63) is 53.7 Å². The summed E-state index contributed by atoms with van der Waals surface area (Å²) in [4.78, 5) is 42.3. The number of anilines is 1. The second-order valence-electron chi connectivity index (χ2n) is 12.1. The maximum atomic E-state index is 13.5. The first-order valence-electron chi connectivity index (χ1n) is 14.9. The highest BCUT2D eigenvalue weighted by Gasteiger charge is 2.27. The van der Waals surface area contributed by atoms with Crippen LogP contribution in [0.3, 0.4) is 0 Å². The smallest absolute Gasteiger partial charge is 0.344 e. The van der Waals surface area contributed by atoms with Gasteiger partial charge in [0.25, 0.3) is 11.7 Å². The van der Waals surface area contributed by atoms with E-state index in [1.807, 2.05) is 45.0 Å². The molecule has 0 bridgehead atoms. The fourth-order valence-corrected chi connectivity index (χ4v) is 5.47. The highest BCUT2D eigenvalue weighted by Crippen LogP contribution is 2.30. The lowest BCUT2D eigenvalue weighted by Gasteiger charge is -2.26. The van der Waals surface area contributed by atoms with Crippen molar-refractivity contribution in [3.63, 3.8) is 0 Å². The molecule has 2 aromatic carbocycles. The topological polar surface area (TPSA) is 115 Å². The fraction of sp³-hybridized carbons (Fsp3) is 0.500. The molecular weight excluding hydrogens is 534 g/mol. The van der Waals surface area contributed by atoms with Gasteiger partial charge in [-0.2, -0.15) is 9.78 Å². The van der Waals surface area contributed by atoms with Crippen molar-refractivity contribution in [2.24, 2.45) is 0 Å². The molecule has 1 aliphatic carbocycles. The number of carbonyl (C=O) groups excluding carboxylic acids is 3. The van der Waals surface area contributed by atoms with Crippen LogP contribution in [0.25, 0.3) is 10.8 Å². The molecule has 2 N–H and O–H groups in total. The van der Waals surface area contributed by atoms with Crippen LogP contribution in [0, 0.1) is 0 Å². The van der Waals surface area contributed by atoms with E-state index in [4.69, 9.17) is 9.47 Å². The highest BCUT2D eigenvalue weighted by atomic mass is 16.5. The lowest BCUT2D eigenvalue weighted by atomic mass is 9.92. The third-order valence-electron chi connectivity index (χ3n) is 7.95. The van der Waals surface area contributed by atoms with E-state index >= 15 is 0 Å². The van der Waals surface area contributed by atoms with Gasteiger partial charge < -0.3 is 20.1 Å². The average molecular weight is 576 g/mol. The molecule has 2 aliphatic rings. The molecule has 5 rings (SSSR count). The minimum atomic E-state index is -0.840. The number of aromatic nitrogens is 2. The lowest BCUT2D eigenvalue weighted by Crippen LogP contribution is -2.40. The zero-order valence-corrected chi connectivity index (χ0v) is 24.8. The van der Waals surface area contributed by atoms with Gasteiger partial charge in [0, 0.05) is 48.1 Å². The van der Waals surface area contributed by atoms with Gasteiger partial charge in [0.2, 0.25) is 0 Å². The number of benzene rings is 2. The number of rotatable bonds is 8. The Hall–Kier alpha value is -3.76. The SMILES string of the molecule is CC(C)(C)c1cc(NC(=O)C(=O)c2ccc(OCCN3CCOCC3)c3ccccc23)n(C(=O)NC2CCCCC2)n1. The number of nitrogens with zero attached hydrogens (tertiary/aromatic N) is 3. The average Bonchev–Trinajstić information content (AvgIpc) is 3.42. The van der Waals surface area contributed by atoms with Crippen LogP contribution in [0.2, 0.25) is 0 Å². The van der Waals surface area contributed by atoms with Crippen LogP contribution in [0.4, 0.5) is 10.6 Å². The molecule has 3 aromatic rings. The molecule has 0 spiro atoms. The first-order chi connectivity index (χ1) is 20.2. The fourth-order valence-electron chi connectivity index (χ4n) is 5.47. The first kappa shape index (κ1) is 29.7. The summed E-state index contributed by atoms with van der Waals surface area (Å²) >= 11 is 0. The van der Waals surface area contributed by atoms with Crippen LogP contribution >= 0.6 is 0 Å². The minimum Gasteiger partial charge on any atom is -0.492 e. The number of Topliss-reactive ketones (excluding diaryl/α,β-unsaturated/α-hetero) is 1. The van der Waals surface area contributed by atoms with Crippen molar-refractivity contribution in [3.8, 4) is 5.75 Å². The maximum absolute atomic E-state index is 13.5. The monoisotopic (exact) mass is 575 g/mol. The molecule has 42 heavy (non-hydrogen) atoms. The van der Waals surface area contributed by atoms with Gasteiger partial charge >= 0.3 is 6.03 Å². The predicted molar refractivity (Wildman–Crippen MR) is 161 cm³/mol. The molecule has 10 heteroatoms. The standard InChI is InChI=1S/C32H41N5O5/c1-32(2,3)27-21-28(37(35-27)31(40)33-22-9-5-4-6-10-22)34-30(39)29(38)25-13-14-26(24-12-8-7-11-23(24)25)42-20-17-36-15-18-41-19-16-36/h7-8,11-14,21-22H,4-6,9-10,15-20H2,1-3H3,(H,33,40)(H,34,39). The summed E-state index contributed by atoms with van der Waals surface area (Å²) in [5.41, 5.74) is 0.527. The number of hydrogen-bond acceptors (Lipinski definition) is 7. The number of nitrogens with one attached hydrogen (secondary N) is 2. The van der Waals surface area contributed by atoms with Crippen molar-refractivity contribution in [1.29, 1.82) is 0 Å². The quantitative estimate of drug-likeness (QED) is 0.294. The Bertz CT molecular complexity index is 1430. The molecule has 10 nitrogen and oxygen atoms in total. The van der Waals surface area contributed by atoms with Crippen molar-refractivity contribution >= 4 is 34.3 Å². The second kappa shape index (κ2) is 13.0. The largest absolute Gasteiger partial charge is 0.492 e. The summed E-state index contributed by atoms with van der Waals surface area (Å²) in [6.07, 6.45) is 5.14. The Morgan fingerprint density at radius 1 is 1.00 bits per heavy atom. The third-order valence-corrected chi connectivity index (χ3v) is 7.95. The molecule has 2 heterocycles. The van der Waals surface area contributed by atoms with Gasteiger partial charge in [-0.3, -0.25) is 14.5 Å². The van der Waals surface area contributed by atoms with Crippen molar-refractivity contribution in [2.75, 3.05) is 44.8 Å². The molecule has 0 atom stereocenters. The minimum absolute atomic E-state index is 0.0692. The lowest BCUT2D eigenvalue weighted by molar-refractivity contribution is -0.112. The Morgan fingerprint density at radius 2 is 1.71 bits per heavy atom. The summed E-state index contributed by atoms with van der Waals surface area (Å²) in [7, 11) is 0. The van der Waals surface area contributed by atoms with Crippen LogP contribution in [0.5, 0.6) is 5.75 Å². The molecule has 0 radical (unpaired) electrons. The first-order valence-corrected chi connectivity index (χ1v) is 14.9. The van der Waals surface area contributed by atoms with Crippen LogP contribution in [0.1, 0.15) is 68.9 Å². The molecule has 2 amide bonds. The molecule has 0 unspecified atom stereocenters. The van der Waals surface area contributed by atoms with Gasteiger partial charge in [0.05, 0.1) is 18.9 Å². The zero-order chi connectivity index (χ0) is 29.7. The van der Waals surface area contributed by atoms with E-state index in [2.05, 4.69) is 20.6 Å². The zero-order valence-electron chi connectivity index (χ0n) is 24.8. The Balaban J connectivity index is 1.33. The molecule has 2 fully saturated rings. The molecular formula is C32H41N5O5. The van der Waals surface area contributed by atoms with E-state index < -0.39 is 17.7 Å². The van der Waals surface area contributed by atoms with Crippen molar-refractivity contribution in [1.82, 2.24) is 20.0 Å². The molecule has 1 aromatic heterocycles. The Kier molecular flexibility index (Phi) is 9.23. The molecule has 1 aliphatic heterocycles. The Labute approximate surface area is 246 Å². The normalized spacial score (nSPS) is 16.7. The summed E-state index contributed by atoms with van der Waals surface area (Å²) in [5.74, 6) is -0.723. The number of morpholine rings is 1. The molecule has 1 saturated carbocycles. The van der Waals surface area contributed by atoms with Crippen molar-refractivity contribution < 1.29 is 23.9 Å². The van der Waals surface area contributed by atoms with Crippen LogP contribution in [0.15, 0.2) is 42.5 Å². The van der Waals surface area contributed by atoms with E-state index in [1.54, 1.807) is 18.2 Å². The van der Waals surface area contributed by atoms with Gasteiger partial charge in [-0.05, 0) is 30.4 Å². The van der Waals surface area contributed by atoms with Crippen LogP contribution in [-0.4, -0.2) is 77.9 Å². The van der Waals surface area contributed by atoms with Crippen LogP contribution in [-0.2, 0) is 14.9 Å². The van der Waals surface area contributed by atoms with Gasteiger partial charge in [-0.25, -0.2) is 4.79 Å². The number of amides is 2. The van der Waals surface area contributed by atoms with Crippen molar-refractivity contribution in [2.45, 2.75) is 64.3 Å². The molecule has 224 valence electrons. The second-order valence-corrected chi connectivity index (χ2v) is 12.1. The van der Waals surface area contributed by atoms with E-state index in [-0.39, 0.29) is 22.8 Å². The van der Waals surface area contributed by atoms with E-state index in [0.717, 1.165) is 63.9 Å². The molecule has 1 saturated heterocycles. The predicted octanol–water partition coefficient (Wildman–Crippen LogP) is 4.76. The van der Waals surface area contributed by atoms with Crippen LogP contribution < -0.4 is 15.4 Å². The summed E-state index contributed by atoms with van der Waals surface area (Å²) in [6, 6.07) is 12.1. The third kappa shape index (κ3) is 6.99. The van der Waals surface area contributed by atoms with Gasteiger partial charge in [-0.1, -0.05) is 64.3 Å².